The summed E-state index contributed by atoms with van der Waals surface area (Å²) >= 11 is 1.59. The van der Waals surface area contributed by atoms with E-state index < -0.39 is 0 Å². The van der Waals surface area contributed by atoms with Crippen molar-refractivity contribution in [2.75, 3.05) is 33.3 Å². The molecular weight excluding hydrogens is 426 g/mol. The van der Waals surface area contributed by atoms with E-state index in [0.29, 0.717) is 55.4 Å². The first-order valence-corrected chi connectivity index (χ1v) is 11.3. The van der Waals surface area contributed by atoms with Crippen molar-refractivity contribution in [2.24, 2.45) is 0 Å². The quantitative estimate of drug-likeness (QED) is 0.572. The molecular formula is C24H25N3O4S. The van der Waals surface area contributed by atoms with Gasteiger partial charge in [0.1, 0.15) is 18.1 Å². The number of ether oxygens (including phenoxy) is 2. The predicted molar refractivity (Wildman–Crippen MR) is 122 cm³/mol. The standard InChI is InChI=1S/C24H25N3O4S/c1-17-25-20(16-32-17)15-31-22-9-5-19(6-10-22)24(29)27-13-11-26(12-14-27)23(28)18-3-7-21(30-2)8-4-18/h3-10,16H,11-15H2,1-2H3. The molecule has 1 aromatic heterocycles. The highest BCUT2D eigenvalue weighted by Gasteiger charge is 2.25. The van der Waals surface area contributed by atoms with E-state index in [9.17, 15) is 9.59 Å². The van der Waals surface area contributed by atoms with E-state index >= 15 is 0 Å². The SMILES string of the molecule is COc1ccc(C(=O)N2CCN(C(=O)c3ccc(OCc4csc(C)n4)cc3)CC2)cc1. The molecule has 166 valence electrons. The number of carbonyl (C=O) groups excluding carboxylic acids is 2. The van der Waals surface area contributed by atoms with E-state index in [-0.39, 0.29) is 11.8 Å². The number of thiazole rings is 1. The molecule has 1 aliphatic heterocycles. The van der Waals surface area contributed by atoms with Crippen molar-refractivity contribution in [3.05, 3.63) is 75.7 Å². The summed E-state index contributed by atoms with van der Waals surface area (Å²) in [4.78, 5) is 33.5. The van der Waals surface area contributed by atoms with Crippen LogP contribution in [0.5, 0.6) is 11.5 Å². The van der Waals surface area contributed by atoms with E-state index in [1.54, 1.807) is 76.8 Å². The second kappa shape index (κ2) is 9.82. The Bertz CT molecular complexity index is 1070. The summed E-state index contributed by atoms with van der Waals surface area (Å²) in [6.45, 7) is 4.38. The molecule has 2 heterocycles. The Hall–Kier alpha value is -3.39. The van der Waals surface area contributed by atoms with Gasteiger partial charge in [-0.15, -0.1) is 11.3 Å². The molecule has 0 saturated carbocycles. The maximum atomic E-state index is 12.9. The van der Waals surface area contributed by atoms with Crippen molar-refractivity contribution >= 4 is 23.2 Å². The van der Waals surface area contributed by atoms with Gasteiger partial charge in [0, 0.05) is 42.7 Å². The Kier molecular flexibility index (Phi) is 6.70. The van der Waals surface area contributed by atoms with Crippen molar-refractivity contribution in [1.82, 2.24) is 14.8 Å². The topological polar surface area (TPSA) is 72.0 Å². The average molecular weight is 452 g/mol. The lowest BCUT2D eigenvalue weighted by molar-refractivity contribution is 0.0535. The highest BCUT2D eigenvalue weighted by molar-refractivity contribution is 7.09. The zero-order chi connectivity index (χ0) is 22.5. The first-order chi connectivity index (χ1) is 15.5. The van der Waals surface area contributed by atoms with Crippen molar-refractivity contribution in [2.45, 2.75) is 13.5 Å². The van der Waals surface area contributed by atoms with Crippen LogP contribution in [0.2, 0.25) is 0 Å². The molecule has 1 saturated heterocycles. The lowest BCUT2D eigenvalue weighted by Gasteiger charge is -2.35. The highest BCUT2D eigenvalue weighted by Crippen LogP contribution is 2.18. The number of rotatable bonds is 6. The highest BCUT2D eigenvalue weighted by atomic mass is 32.1. The van der Waals surface area contributed by atoms with Crippen LogP contribution in [-0.2, 0) is 6.61 Å². The van der Waals surface area contributed by atoms with Gasteiger partial charge in [-0.2, -0.15) is 0 Å². The molecule has 0 unspecified atom stereocenters. The number of aryl methyl sites for hydroxylation is 1. The van der Waals surface area contributed by atoms with Crippen LogP contribution in [0.25, 0.3) is 0 Å². The molecule has 0 spiro atoms. The molecule has 8 heteroatoms. The summed E-state index contributed by atoms with van der Waals surface area (Å²) in [5.41, 5.74) is 2.13. The first kappa shape index (κ1) is 21.8. The van der Waals surface area contributed by atoms with E-state index in [1.807, 2.05) is 12.3 Å². The van der Waals surface area contributed by atoms with Crippen LogP contribution in [0.4, 0.5) is 0 Å². The van der Waals surface area contributed by atoms with Crippen LogP contribution in [0, 0.1) is 6.92 Å². The van der Waals surface area contributed by atoms with Crippen molar-refractivity contribution < 1.29 is 19.1 Å². The minimum atomic E-state index is -0.0387. The van der Waals surface area contributed by atoms with Gasteiger partial charge in [0.05, 0.1) is 17.8 Å². The van der Waals surface area contributed by atoms with E-state index in [0.717, 1.165) is 10.7 Å². The maximum Gasteiger partial charge on any atom is 0.253 e. The number of amides is 2. The molecule has 1 fully saturated rings. The fourth-order valence-corrected chi connectivity index (χ4v) is 4.13. The fourth-order valence-electron chi connectivity index (χ4n) is 3.54. The van der Waals surface area contributed by atoms with Crippen LogP contribution in [0.15, 0.2) is 53.9 Å². The van der Waals surface area contributed by atoms with Gasteiger partial charge in [-0.05, 0) is 55.5 Å². The van der Waals surface area contributed by atoms with Crippen LogP contribution in [0.3, 0.4) is 0 Å². The number of piperazine rings is 1. The molecule has 32 heavy (non-hydrogen) atoms. The summed E-state index contributed by atoms with van der Waals surface area (Å²) in [6.07, 6.45) is 0. The Labute approximate surface area is 191 Å². The Balaban J connectivity index is 1.29. The number of hydrogen-bond donors (Lipinski definition) is 0. The minimum Gasteiger partial charge on any atom is -0.497 e. The monoisotopic (exact) mass is 451 g/mol. The summed E-state index contributed by atoms with van der Waals surface area (Å²) in [7, 11) is 1.59. The third kappa shape index (κ3) is 5.08. The summed E-state index contributed by atoms with van der Waals surface area (Å²) < 4.78 is 10.9. The van der Waals surface area contributed by atoms with Crippen LogP contribution < -0.4 is 9.47 Å². The van der Waals surface area contributed by atoms with Crippen molar-refractivity contribution in [3.8, 4) is 11.5 Å². The second-order valence-electron chi connectivity index (χ2n) is 7.48. The maximum absolute atomic E-state index is 12.9. The third-order valence-corrected chi connectivity index (χ3v) is 6.17. The lowest BCUT2D eigenvalue weighted by atomic mass is 10.1. The smallest absolute Gasteiger partial charge is 0.253 e. The third-order valence-electron chi connectivity index (χ3n) is 5.35. The van der Waals surface area contributed by atoms with Crippen molar-refractivity contribution in [1.29, 1.82) is 0 Å². The lowest BCUT2D eigenvalue weighted by Crippen LogP contribution is -2.50. The molecule has 7 nitrogen and oxygen atoms in total. The van der Waals surface area contributed by atoms with E-state index in [4.69, 9.17) is 9.47 Å². The van der Waals surface area contributed by atoms with Crippen LogP contribution in [0.1, 0.15) is 31.4 Å². The average Bonchev–Trinajstić information content (AvgIpc) is 3.27. The Morgan fingerprint density at radius 3 is 1.81 bits per heavy atom. The predicted octanol–water partition coefficient (Wildman–Crippen LogP) is 3.64. The molecule has 4 rings (SSSR count). The zero-order valence-corrected chi connectivity index (χ0v) is 18.9. The molecule has 0 aliphatic carbocycles. The van der Waals surface area contributed by atoms with Gasteiger partial charge in [0.2, 0.25) is 0 Å². The van der Waals surface area contributed by atoms with Gasteiger partial charge < -0.3 is 19.3 Å². The number of nitrogens with zero attached hydrogens (tertiary/aromatic N) is 3. The molecule has 0 bridgehead atoms. The molecule has 3 aromatic rings. The Morgan fingerprint density at radius 1 is 0.875 bits per heavy atom. The number of carbonyl (C=O) groups is 2. The first-order valence-electron chi connectivity index (χ1n) is 10.4. The summed E-state index contributed by atoms with van der Waals surface area (Å²) in [6, 6.07) is 14.2. The number of methoxy groups -OCH3 is 1. The summed E-state index contributed by atoms with van der Waals surface area (Å²) in [5.74, 6) is 1.34. The van der Waals surface area contributed by atoms with E-state index in [1.165, 1.54) is 0 Å². The van der Waals surface area contributed by atoms with Crippen LogP contribution >= 0.6 is 11.3 Å². The molecule has 0 N–H and O–H groups in total. The van der Waals surface area contributed by atoms with Crippen molar-refractivity contribution in [3.63, 3.8) is 0 Å². The molecule has 0 atom stereocenters. The largest absolute Gasteiger partial charge is 0.497 e. The van der Waals surface area contributed by atoms with Gasteiger partial charge in [0.25, 0.3) is 11.8 Å². The van der Waals surface area contributed by atoms with Crippen LogP contribution in [-0.4, -0.2) is 59.9 Å². The molecule has 2 amide bonds. The fraction of sp³-hybridized carbons (Fsp3) is 0.292. The molecule has 0 radical (unpaired) electrons. The molecule has 1 aliphatic rings. The Morgan fingerprint density at radius 2 is 1.38 bits per heavy atom. The number of benzene rings is 2. The van der Waals surface area contributed by atoms with Gasteiger partial charge >= 0.3 is 0 Å². The van der Waals surface area contributed by atoms with Gasteiger partial charge in [-0.25, -0.2) is 4.98 Å². The normalized spacial score (nSPS) is 13.7. The summed E-state index contributed by atoms with van der Waals surface area (Å²) in [5, 5.41) is 2.99. The zero-order valence-electron chi connectivity index (χ0n) is 18.1. The van der Waals surface area contributed by atoms with Gasteiger partial charge in [-0.3, -0.25) is 9.59 Å². The number of hydrogen-bond acceptors (Lipinski definition) is 6. The second-order valence-corrected chi connectivity index (χ2v) is 8.55. The van der Waals surface area contributed by atoms with Gasteiger partial charge in [-0.1, -0.05) is 0 Å². The minimum absolute atomic E-state index is 0.0310. The van der Waals surface area contributed by atoms with E-state index in [2.05, 4.69) is 4.98 Å². The van der Waals surface area contributed by atoms with Gasteiger partial charge in [0.15, 0.2) is 0 Å². The number of aromatic nitrogens is 1. The molecule has 2 aromatic carbocycles.